The van der Waals surface area contributed by atoms with Crippen LogP contribution in [0.5, 0.6) is 0 Å². The Morgan fingerprint density at radius 3 is 1.00 bits per heavy atom. The van der Waals surface area contributed by atoms with Crippen LogP contribution in [0.25, 0.3) is 0 Å². The molecule has 0 aromatic carbocycles. The first kappa shape index (κ1) is 60.1. The minimum atomic E-state index is -0.779. The molecule has 0 amide bonds. The molecule has 0 rings (SSSR count). The van der Waals surface area contributed by atoms with Gasteiger partial charge in [0.25, 0.3) is 0 Å². The normalized spacial score (nSPS) is 12.5. The Balaban J connectivity index is 4.37. The molecule has 1 unspecified atom stereocenters. The number of ether oxygens (including phenoxy) is 3. The fourth-order valence-corrected chi connectivity index (χ4v) is 7.49. The Labute approximate surface area is 390 Å². The SMILES string of the molecule is CC/C=C\C/C=C\C/C=C\C/C=C\CCCCCCCCC(=O)OCC(COC(=O)CCCCCCCCCCCCC)OC(=O)CCCCCCCCC/C=C\CCCCCC. The second-order valence-corrected chi connectivity index (χ2v) is 17.8. The summed E-state index contributed by atoms with van der Waals surface area (Å²) in [6, 6.07) is 0. The van der Waals surface area contributed by atoms with Gasteiger partial charge in [-0.3, -0.25) is 14.4 Å². The van der Waals surface area contributed by atoms with E-state index in [-0.39, 0.29) is 31.1 Å². The van der Waals surface area contributed by atoms with Gasteiger partial charge in [-0.05, 0) is 83.5 Å². The summed E-state index contributed by atoms with van der Waals surface area (Å²) in [6.45, 7) is 6.50. The van der Waals surface area contributed by atoms with Gasteiger partial charge in [0.05, 0.1) is 0 Å². The molecule has 0 saturated carbocycles. The molecule has 0 N–H and O–H groups in total. The lowest BCUT2D eigenvalue weighted by Gasteiger charge is -2.18. The van der Waals surface area contributed by atoms with Crippen molar-refractivity contribution in [3.05, 3.63) is 60.8 Å². The van der Waals surface area contributed by atoms with Crippen molar-refractivity contribution in [3.8, 4) is 0 Å². The summed E-state index contributed by atoms with van der Waals surface area (Å²) in [5.74, 6) is -0.891. The highest BCUT2D eigenvalue weighted by molar-refractivity contribution is 5.71. The molecule has 0 heterocycles. The lowest BCUT2D eigenvalue weighted by atomic mass is 10.1. The van der Waals surface area contributed by atoms with Crippen molar-refractivity contribution in [1.82, 2.24) is 0 Å². The molecule has 0 aromatic heterocycles. The molecule has 0 radical (unpaired) electrons. The third-order valence-electron chi connectivity index (χ3n) is 11.5. The average Bonchev–Trinajstić information content (AvgIpc) is 3.28. The Bertz CT molecular complexity index is 1150. The fraction of sp³-hybridized carbons (Fsp3) is 0.772. The smallest absolute Gasteiger partial charge is 0.306 e. The van der Waals surface area contributed by atoms with Crippen molar-refractivity contribution >= 4 is 17.9 Å². The number of carbonyl (C=O) groups excluding carboxylic acids is 3. The van der Waals surface area contributed by atoms with E-state index in [2.05, 4.69) is 81.5 Å². The van der Waals surface area contributed by atoms with Crippen LogP contribution >= 0.6 is 0 Å². The summed E-state index contributed by atoms with van der Waals surface area (Å²) in [5, 5.41) is 0. The van der Waals surface area contributed by atoms with Crippen LogP contribution in [0.1, 0.15) is 265 Å². The molecule has 6 heteroatoms. The second kappa shape index (κ2) is 51.7. The molecule has 1 atom stereocenters. The summed E-state index contributed by atoms with van der Waals surface area (Å²) < 4.78 is 16.8. The summed E-state index contributed by atoms with van der Waals surface area (Å²) in [4.78, 5) is 38.0. The van der Waals surface area contributed by atoms with Gasteiger partial charge in [-0.25, -0.2) is 0 Å². The van der Waals surface area contributed by atoms with Crippen molar-refractivity contribution in [1.29, 1.82) is 0 Å². The molecule has 0 spiro atoms. The molecule has 0 aromatic rings. The topological polar surface area (TPSA) is 78.9 Å². The first-order chi connectivity index (χ1) is 31.0. The minimum Gasteiger partial charge on any atom is -0.462 e. The van der Waals surface area contributed by atoms with Gasteiger partial charge in [-0.15, -0.1) is 0 Å². The van der Waals surface area contributed by atoms with E-state index in [0.29, 0.717) is 19.3 Å². The Morgan fingerprint density at radius 1 is 0.333 bits per heavy atom. The number of rotatable bonds is 48. The number of hydrogen-bond donors (Lipinski definition) is 0. The van der Waals surface area contributed by atoms with Gasteiger partial charge in [-0.2, -0.15) is 0 Å². The molecule has 0 aliphatic rings. The monoisotopic (exact) mass is 881 g/mol. The third kappa shape index (κ3) is 50.0. The Hall–Kier alpha value is -2.89. The zero-order valence-corrected chi connectivity index (χ0v) is 41.6. The number of carbonyl (C=O) groups is 3. The standard InChI is InChI=1S/C57H100O6/c1-4-7-10-13-16-19-22-24-26-27-28-29-31-32-35-38-41-44-47-50-56(59)62-53-54(52-61-55(58)49-46-43-40-37-34-21-18-15-12-9-6-3)63-57(60)51-48-45-42-39-36-33-30-25-23-20-17-14-11-8-5-2/h7,10,16,19-20,23-24,26,28-29,54H,4-6,8-9,11-15,17-18,21-22,25,27,30-53H2,1-3H3/b10-7-,19-16-,23-20-,26-24-,29-28-. The summed E-state index contributed by atoms with van der Waals surface area (Å²) >= 11 is 0. The maximum absolute atomic E-state index is 12.8. The molecule has 0 bridgehead atoms. The summed E-state index contributed by atoms with van der Waals surface area (Å²) in [7, 11) is 0. The number of esters is 3. The van der Waals surface area contributed by atoms with Crippen LogP contribution in [0, 0.1) is 0 Å². The van der Waals surface area contributed by atoms with E-state index in [0.717, 1.165) is 89.9 Å². The highest BCUT2D eigenvalue weighted by atomic mass is 16.6. The largest absolute Gasteiger partial charge is 0.462 e. The van der Waals surface area contributed by atoms with Crippen molar-refractivity contribution in [3.63, 3.8) is 0 Å². The predicted molar refractivity (Wildman–Crippen MR) is 270 cm³/mol. The van der Waals surface area contributed by atoms with Crippen molar-refractivity contribution < 1.29 is 28.6 Å². The minimum absolute atomic E-state index is 0.0785. The maximum atomic E-state index is 12.8. The van der Waals surface area contributed by atoms with Gasteiger partial charge < -0.3 is 14.2 Å². The van der Waals surface area contributed by atoms with E-state index >= 15 is 0 Å². The molecule has 63 heavy (non-hydrogen) atoms. The molecule has 0 aliphatic carbocycles. The van der Waals surface area contributed by atoms with Crippen molar-refractivity contribution in [2.75, 3.05) is 13.2 Å². The van der Waals surface area contributed by atoms with Gasteiger partial charge >= 0.3 is 17.9 Å². The van der Waals surface area contributed by atoms with E-state index in [9.17, 15) is 14.4 Å². The molecular weight excluding hydrogens is 781 g/mol. The van der Waals surface area contributed by atoms with E-state index in [1.165, 1.54) is 135 Å². The predicted octanol–water partition coefficient (Wildman–Crippen LogP) is 17.6. The van der Waals surface area contributed by atoms with Crippen molar-refractivity contribution in [2.45, 2.75) is 271 Å². The highest BCUT2D eigenvalue weighted by Gasteiger charge is 2.19. The lowest BCUT2D eigenvalue weighted by molar-refractivity contribution is -0.167. The first-order valence-corrected chi connectivity index (χ1v) is 26.8. The molecule has 364 valence electrons. The van der Waals surface area contributed by atoms with E-state index in [4.69, 9.17) is 14.2 Å². The average molecular weight is 881 g/mol. The second-order valence-electron chi connectivity index (χ2n) is 17.8. The molecule has 0 fully saturated rings. The van der Waals surface area contributed by atoms with Crippen LogP contribution in [-0.4, -0.2) is 37.2 Å². The zero-order chi connectivity index (χ0) is 45.8. The van der Waals surface area contributed by atoms with Gasteiger partial charge in [0.1, 0.15) is 13.2 Å². The van der Waals surface area contributed by atoms with Crippen LogP contribution in [0.3, 0.4) is 0 Å². The molecule has 6 nitrogen and oxygen atoms in total. The van der Waals surface area contributed by atoms with Crippen LogP contribution in [-0.2, 0) is 28.6 Å². The summed E-state index contributed by atoms with van der Waals surface area (Å²) in [6.07, 6.45) is 63.4. The van der Waals surface area contributed by atoms with Crippen LogP contribution in [0.15, 0.2) is 60.8 Å². The van der Waals surface area contributed by atoms with Crippen molar-refractivity contribution in [2.24, 2.45) is 0 Å². The van der Waals surface area contributed by atoms with E-state index in [1.807, 2.05) is 0 Å². The first-order valence-electron chi connectivity index (χ1n) is 26.8. The summed E-state index contributed by atoms with van der Waals surface area (Å²) in [5.41, 5.74) is 0. The number of allylic oxidation sites excluding steroid dienone is 10. The third-order valence-corrected chi connectivity index (χ3v) is 11.5. The number of hydrogen-bond acceptors (Lipinski definition) is 6. The van der Waals surface area contributed by atoms with Gasteiger partial charge in [0.2, 0.25) is 0 Å². The molecular formula is C57H100O6. The van der Waals surface area contributed by atoms with Gasteiger partial charge in [-0.1, -0.05) is 223 Å². The van der Waals surface area contributed by atoms with Gasteiger partial charge in [0.15, 0.2) is 6.10 Å². The zero-order valence-electron chi connectivity index (χ0n) is 41.6. The van der Waals surface area contributed by atoms with Crippen LogP contribution in [0.2, 0.25) is 0 Å². The molecule has 0 saturated heterocycles. The quantitative estimate of drug-likeness (QED) is 0.0262. The van der Waals surface area contributed by atoms with Crippen LogP contribution < -0.4 is 0 Å². The Kier molecular flexibility index (Phi) is 49.4. The Morgan fingerprint density at radius 2 is 0.619 bits per heavy atom. The number of unbranched alkanes of at least 4 members (excludes halogenated alkanes) is 27. The lowest BCUT2D eigenvalue weighted by Crippen LogP contribution is -2.30. The van der Waals surface area contributed by atoms with Gasteiger partial charge in [0, 0.05) is 19.3 Å². The van der Waals surface area contributed by atoms with E-state index < -0.39 is 6.10 Å². The maximum Gasteiger partial charge on any atom is 0.306 e. The fourth-order valence-electron chi connectivity index (χ4n) is 7.49. The van der Waals surface area contributed by atoms with Crippen LogP contribution in [0.4, 0.5) is 0 Å². The van der Waals surface area contributed by atoms with E-state index in [1.54, 1.807) is 0 Å². The highest BCUT2D eigenvalue weighted by Crippen LogP contribution is 2.15. The molecule has 0 aliphatic heterocycles.